The van der Waals surface area contributed by atoms with E-state index in [9.17, 15) is 13.6 Å². The van der Waals surface area contributed by atoms with Crippen molar-refractivity contribution in [1.29, 1.82) is 0 Å². The van der Waals surface area contributed by atoms with E-state index in [0.29, 0.717) is 11.1 Å². The summed E-state index contributed by atoms with van der Waals surface area (Å²) in [5, 5.41) is -0.432. The summed E-state index contributed by atoms with van der Waals surface area (Å²) >= 11 is 5.17. The summed E-state index contributed by atoms with van der Waals surface area (Å²) in [5.41, 5.74) is -0.224. The summed E-state index contributed by atoms with van der Waals surface area (Å²) in [7, 11) is 0. The van der Waals surface area contributed by atoms with Gasteiger partial charge in [-0.2, -0.15) is 5.06 Å². The van der Waals surface area contributed by atoms with E-state index in [4.69, 9.17) is 16.4 Å². The van der Waals surface area contributed by atoms with Crippen LogP contribution >= 0.6 is 11.6 Å². The maximum Gasteiger partial charge on any atom is 0.344 e. The van der Waals surface area contributed by atoms with Gasteiger partial charge in [-0.15, -0.1) is 0 Å². The van der Waals surface area contributed by atoms with E-state index in [2.05, 4.69) is 0 Å². The highest BCUT2D eigenvalue weighted by atomic mass is 35.5. The van der Waals surface area contributed by atoms with Crippen LogP contribution in [0.4, 0.5) is 19.3 Å². The number of rotatable bonds is 3. The van der Waals surface area contributed by atoms with E-state index in [1.54, 1.807) is 6.92 Å². The number of nitrogens with zero attached hydrogens (tertiary/aromatic N) is 1. The van der Waals surface area contributed by atoms with Crippen molar-refractivity contribution in [2.45, 2.75) is 6.92 Å². The molecule has 0 aliphatic rings. The van der Waals surface area contributed by atoms with Crippen LogP contribution in [0.3, 0.4) is 0 Å². The maximum absolute atomic E-state index is 13.2. The van der Waals surface area contributed by atoms with Crippen LogP contribution in [-0.4, -0.2) is 12.0 Å². The average molecular weight is 236 g/mol. The number of hydrogen-bond acceptors (Lipinski definition) is 2. The second-order valence-electron chi connectivity index (χ2n) is 2.56. The monoisotopic (exact) mass is 235 g/mol. The first kappa shape index (κ1) is 11.9. The van der Waals surface area contributed by atoms with Gasteiger partial charge >= 0.3 is 5.37 Å². The van der Waals surface area contributed by atoms with Crippen molar-refractivity contribution < 1.29 is 18.4 Å². The fraction of sp³-hybridized carbons (Fsp3) is 0.222. The number of hydrogen-bond donors (Lipinski definition) is 0. The number of anilines is 1. The van der Waals surface area contributed by atoms with E-state index < -0.39 is 17.0 Å². The fourth-order valence-electron chi connectivity index (χ4n) is 0.990. The van der Waals surface area contributed by atoms with Crippen LogP contribution in [0, 0.1) is 11.6 Å². The molecule has 1 aromatic carbocycles. The third-order valence-corrected chi connectivity index (χ3v) is 1.70. The molecule has 0 radical (unpaired) electrons. The maximum atomic E-state index is 13.2. The Morgan fingerprint density at radius 1 is 1.53 bits per heavy atom. The molecule has 0 unspecified atom stereocenters. The molecular weight excluding hydrogens is 228 g/mol. The number of hydroxylamine groups is 1. The highest BCUT2D eigenvalue weighted by Crippen LogP contribution is 2.21. The van der Waals surface area contributed by atoms with Crippen LogP contribution in [0.25, 0.3) is 0 Å². The molecule has 0 spiro atoms. The molecule has 0 bridgehead atoms. The SMILES string of the molecule is CCON(C(=O)Cl)c1ccc(F)cc1F. The summed E-state index contributed by atoms with van der Waals surface area (Å²) in [6, 6.07) is 2.71. The Hall–Kier alpha value is -1.20. The van der Waals surface area contributed by atoms with Gasteiger partial charge in [0.25, 0.3) is 0 Å². The summed E-state index contributed by atoms with van der Waals surface area (Å²) in [6.07, 6.45) is 0. The first-order chi connectivity index (χ1) is 7.06. The van der Waals surface area contributed by atoms with Crippen molar-refractivity contribution in [3.05, 3.63) is 29.8 Å². The Labute approximate surface area is 90.1 Å². The quantitative estimate of drug-likeness (QED) is 0.458. The van der Waals surface area contributed by atoms with Crippen LogP contribution in [0.1, 0.15) is 6.92 Å². The van der Waals surface area contributed by atoms with Gasteiger partial charge in [0.1, 0.15) is 11.5 Å². The van der Waals surface area contributed by atoms with Gasteiger partial charge in [0.05, 0.1) is 6.61 Å². The molecule has 6 heteroatoms. The molecule has 0 N–H and O–H groups in total. The molecule has 82 valence electrons. The molecular formula is C9H8ClF2NO2. The van der Waals surface area contributed by atoms with Gasteiger partial charge < -0.3 is 0 Å². The summed E-state index contributed by atoms with van der Waals surface area (Å²) in [4.78, 5) is 15.7. The Kier molecular flexibility index (Phi) is 3.99. The molecule has 0 heterocycles. The lowest BCUT2D eigenvalue weighted by Crippen LogP contribution is -2.26. The number of carbonyl (C=O) groups excluding carboxylic acids is 1. The molecule has 3 nitrogen and oxygen atoms in total. The highest BCUT2D eigenvalue weighted by Gasteiger charge is 2.18. The van der Waals surface area contributed by atoms with E-state index in [1.165, 1.54) is 0 Å². The lowest BCUT2D eigenvalue weighted by molar-refractivity contribution is 0.135. The van der Waals surface area contributed by atoms with E-state index in [0.717, 1.165) is 12.1 Å². The second-order valence-corrected chi connectivity index (χ2v) is 2.88. The third kappa shape index (κ3) is 2.87. The van der Waals surface area contributed by atoms with Crippen LogP contribution in [0.15, 0.2) is 18.2 Å². The van der Waals surface area contributed by atoms with Crippen LogP contribution in [0.5, 0.6) is 0 Å². The molecule has 1 amide bonds. The minimum atomic E-state index is -0.998. The van der Waals surface area contributed by atoms with Crippen LogP contribution in [0.2, 0.25) is 0 Å². The first-order valence-electron chi connectivity index (χ1n) is 4.13. The van der Waals surface area contributed by atoms with Crippen molar-refractivity contribution >= 4 is 22.7 Å². The third-order valence-electron chi connectivity index (χ3n) is 1.55. The van der Waals surface area contributed by atoms with Crippen molar-refractivity contribution in [3.63, 3.8) is 0 Å². The predicted octanol–water partition coefficient (Wildman–Crippen LogP) is 3.08. The lowest BCUT2D eigenvalue weighted by Gasteiger charge is -2.18. The first-order valence-corrected chi connectivity index (χ1v) is 4.51. The zero-order valence-electron chi connectivity index (χ0n) is 7.84. The number of benzene rings is 1. The van der Waals surface area contributed by atoms with Gasteiger partial charge in [0, 0.05) is 6.07 Å². The molecule has 0 saturated carbocycles. The normalized spacial score (nSPS) is 10.1. The van der Waals surface area contributed by atoms with Crippen molar-refractivity contribution in [2.75, 3.05) is 11.7 Å². The Balaban J connectivity index is 3.05. The number of amides is 1. The standard InChI is InChI=1S/C9H8ClF2NO2/c1-2-15-13(9(10)14)8-4-3-6(11)5-7(8)12/h3-5H,2H2,1H3. The lowest BCUT2D eigenvalue weighted by atomic mass is 10.3. The van der Waals surface area contributed by atoms with Crippen LogP contribution in [-0.2, 0) is 4.84 Å². The van der Waals surface area contributed by atoms with Gasteiger partial charge in [-0.25, -0.2) is 8.78 Å². The summed E-state index contributed by atoms with van der Waals surface area (Å²) in [5.74, 6) is -1.66. The Bertz CT molecular complexity index is 373. The molecule has 1 aromatic rings. The highest BCUT2D eigenvalue weighted by molar-refractivity contribution is 6.65. The van der Waals surface area contributed by atoms with E-state index >= 15 is 0 Å². The smallest absolute Gasteiger partial charge is 0.265 e. The largest absolute Gasteiger partial charge is 0.344 e. The summed E-state index contributed by atoms with van der Waals surface area (Å²) in [6.45, 7) is 1.74. The average Bonchev–Trinajstić information content (AvgIpc) is 2.15. The molecule has 0 saturated heterocycles. The zero-order valence-corrected chi connectivity index (χ0v) is 8.59. The van der Waals surface area contributed by atoms with Gasteiger partial charge in [-0.3, -0.25) is 9.63 Å². The van der Waals surface area contributed by atoms with Crippen molar-refractivity contribution in [3.8, 4) is 0 Å². The molecule has 15 heavy (non-hydrogen) atoms. The van der Waals surface area contributed by atoms with E-state index in [-0.39, 0.29) is 12.3 Å². The molecule has 0 aliphatic heterocycles. The molecule has 1 rings (SSSR count). The van der Waals surface area contributed by atoms with Gasteiger partial charge in [-0.1, -0.05) is 0 Å². The second kappa shape index (κ2) is 5.04. The fourth-order valence-corrected chi connectivity index (χ4v) is 1.13. The zero-order chi connectivity index (χ0) is 11.4. The minimum absolute atomic E-state index is 0.134. The molecule has 0 atom stereocenters. The number of halogens is 3. The number of carbonyl (C=O) groups is 1. The summed E-state index contributed by atoms with van der Waals surface area (Å²) < 4.78 is 25.8. The van der Waals surface area contributed by atoms with Crippen LogP contribution < -0.4 is 5.06 Å². The minimum Gasteiger partial charge on any atom is -0.265 e. The van der Waals surface area contributed by atoms with Crippen molar-refractivity contribution in [2.24, 2.45) is 0 Å². The topological polar surface area (TPSA) is 29.5 Å². The predicted molar refractivity (Wildman–Crippen MR) is 51.7 cm³/mol. The Morgan fingerprint density at radius 3 is 2.67 bits per heavy atom. The van der Waals surface area contributed by atoms with Gasteiger partial charge in [-0.05, 0) is 30.7 Å². The molecule has 0 aromatic heterocycles. The molecule has 0 aliphatic carbocycles. The van der Waals surface area contributed by atoms with Gasteiger partial charge in [0.15, 0.2) is 5.82 Å². The molecule has 0 fully saturated rings. The van der Waals surface area contributed by atoms with Gasteiger partial charge in [0.2, 0.25) is 0 Å². The Morgan fingerprint density at radius 2 is 2.20 bits per heavy atom. The van der Waals surface area contributed by atoms with E-state index in [1.807, 2.05) is 0 Å². The van der Waals surface area contributed by atoms with Crippen molar-refractivity contribution in [1.82, 2.24) is 0 Å².